The van der Waals surface area contributed by atoms with Crippen LogP contribution in [-0.2, 0) is 12.8 Å². The molecule has 0 bridgehead atoms. The maximum Gasteiger partial charge on any atom is 0.0527 e. The van der Waals surface area contributed by atoms with E-state index in [1.54, 1.807) is 0 Å². The standard InChI is InChI=1S/C31H44N2.C11H23N.C4H10.C4H8.C3H8/c1-18-14-29(21(4)20(3)28-16-26-10-8-9-11-27(26)17-28)31(19(18)2)24(7)33-30(15-25-12-13-25)22(5)23(6)32;1-7-9(3)12-10(8-2)11(4,5)6;2*1-4(2)3;1-3-2/h8-11,18-20,25,28-31,33H,4-7,12-17,32H2,1-3H3;10,12H,3,7-8H2,1-2,4-6H3;4H,1-3H3;1H2,2-3H3;3H2,1-2H3. The van der Waals surface area contributed by atoms with Crippen LogP contribution in [0.4, 0.5) is 0 Å². The number of benzene rings is 1. The molecule has 0 saturated heterocycles. The topological polar surface area (TPSA) is 50.1 Å². The van der Waals surface area contributed by atoms with Crippen molar-refractivity contribution in [3.05, 3.63) is 109 Å². The van der Waals surface area contributed by atoms with E-state index >= 15 is 0 Å². The van der Waals surface area contributed by atoms with Gasteiger partial charge in [-0.05, 0) is 116 Å². The maximum atomic E-state index is 6.06. The Kier molecular flexibility index (Phi) is 24.8. The third-order valence-corrected chi connectivity index (χ3v) is 11.5. The average Bonchev–Trinajstić information content (AvgIpc) is 3.73. The van der Waals surface area contributed by atoms with Crippen LogP contribution >= 0.6 is 0 Å². The first-order valence-corrected chi connectivity index (χ1v) is 22.4. The molecule has 3 heteroatoms. The number of nitrogens with two attached hydrogens (primary N) is 1. The van der Waals surface area contributed by atoms with Crippen LogP contribution in [0.1, 0.15) is 160 Å². The summed E-state index contributed by atoms with van der Waals surface area (Å²) in [5.41, 5.74) is 15.8. The lowest BCUT2D eigenvalue weighted by Gasteiger charge is -2.34. The van der Waals surface area contributed by atoms with Crippen molar-refractivity contribution >= 4 is 0 Å². The van der Waals surface area contributed by atoms with Gasteiger partial charge in [-0.3, -0.25) is 0 Å². The lowest BCUT2D eigenvalue weighted by molar-refractivity contribution is 0.275. The number of rotatable bonds is 14. The van der Waals surface area contributed by atoms with E-state index in [0.29, 0.717) is 52.7 Å². The molecule has 0 radical (unpaired) electrons. The van der Waals surface area contributed by atoms with Crippen molar-refractivity contribution in [2.45, 2.75) is 174 Å². The third-order valence-electron chi connectivity index (χ3n) is 11.5. The van der Waals surface area contributed by atoms with Gasteiger partial charge in [0.25, 0.3) is 0 Å². The van der Waals surface area contributed by atoms with E-state index in [1.807, 2.05) is 13.8 Å². The van der Waals surface area contributed by atoms with Gasteiger partial charge in [0.1, 0.15) is 0 Å². The van der Waals surface area contributed by atoms with E-state index in [4.69, 9.17) is 12.3 Å². The molecular weight excluding hydrogens is 679 g/mol. The maximum absolute atomic E-state index is 6.06. The Balaban J connectivity index is 0.00000108. The van der Waals surface area contributed by atoms with Crippen molar-refractivity contribution in [2.24, 2.45) is 58.5 Å². The van der Waals surface area contributed by atoms with Crippen molar-refractivity contribution in [2.75, 3.05) is 0 Å². The highest BCUT2D eigenvalue weighted by molar-refractivity contribution is 5.34. The van der Waals surface area contributed by atoms with Crippen LogP contribution in [0.15, 0.2) is 97.5 Å². The first-order chi connectivity index (χ1) is 26.0. The highest BCUT2D eigenvalue weighted by atomic mass is 15.0. The van der Waals surface area contributed by atoms with Gasteiger partial charge in [0, 0.05) is 29.1 Å². The van der Waals surface area contributed by atoms with Crippen LogP contribution < -0.4 is 16.4 Å². The van der Waals surface area contributed by atoms with E-state index in [1.165, 1.54) is 60.8 Å². The zero-order valence-corrected chi connectivity index (χ0v) is 39.8. The summed E-state index contributed by atoms with van der Waals surface area (Å²) in [6, 6.07) is 9.64. The Hall–Kier alpha value is -2.94. The van der Waals surface area contributed by atoms with E-state index in [0.717, 1.165) is 48.1 Å². The molecule has 7 unspecified atom stereocenters. The first kappa shape index (κ1) is 53.1. The Morgan fingerprint density at radius 3 is 1.68 bits per heavy atom. The van der Waals surface area contributed by atoms with Gasteiger partial charge in [0.05, 0.1) is 6.04 Å². The predicted octanol–water partition coefficient (Wildman–Crippen LogP) is 14.8. The van der Waals surface area contributed by atoms with E-state index in [9.17, 15) is 0 Å². The van der Waals surface area contributed by atoms with E-state index < -0.39 is 0 Å². The zero-order valence-electron chi connectivity index (χ0n) is 39.8. The summed E-state index contributed by atoms with van der Waals surface area (Å²) in [7, 11) is 0. The molecule has 0 heterocycles. The Labute approximate surface area is 350 Å². The van der Waals surface area contributed by atoms with Crippen LogP contribution in [-0.4, -0.2) is 12.1 Å². The molecule has 1 aromatic carbocycles. The summed E-state index contributed by atoms with van der Waals surface area (Å²) < 4.78 is 0. The van der Waals surface area contributed by atoms with Gasteiger partial charge in [-0.2, -0.15) is 0 Å². The van der Waals surface area contributed by atoms with Gasteiger partial charge < -0.3 is 16.4 Å². The van der Waals surface area contributed by atoms with Gasteiger partial charge in [0.15, 0.2) is 0 Å². The summed E-state index contributed by atoms with van der Waals surface area (Å²) in [6.07, 6.45) is 10.7. The fraction of sp³-hybridized carbons (Fsp3) is 0.660. The second-order valence-electron chi connectivity index (χ2n) is 19.5. The van der Waals surface area contributed by atoms with Crippen LogP contribution in [0, 0.1) is 52.8 Å². The molecular formula is C53H93N3. The number of hydrogen-bond donors (Lipinski definition) is 3. The summed E-state index contributed by atoms with van der Waals surface area (Å²) in [6.45, 7) is 58.1. The SMILES string of the molecule is C=C(C)C.C=C(CC)NC(CC)C(C)(C)C.C=C(N)C(=C)C(CC1CC1)NC(=C)C1C(C(=C)C(C)C2Cc3ccccc3C2)CC(C)C1C.CC(C)C.CCC. The van der Waals surface area contributed by atoms with Crippen LogP contribution in [0.5, 0.6) is 0 Å². The van der Waals surface area contributed by atoms with Crippen molar-refractivity contribution in [3.8, 4) is 0 Å². The summed E-state index contributed by atoms with van der Waals surface area (Å²) in [4.78, 5) is 0. The predicted molar refractivity (Wildman–Crippen MR) is 255 cm³/mol. The summed E-state index contributed by atoms with van der Waals surface area (Å²) in [5.74, 6) is 4.90. The molecule has 0 amide bonds. The van der Waals surface area contributed by atoms with Gasteiger partial charge in [-0.15, -0.1) is 6.58 Å². The Morgan fingerprint density at radius 1 is 0.839 bits per heavy atom. The largest absolute Gasteiger partial charge is 0.399 e. The van der Waals surface area contributed by atoms with Gasteiger partial charge in [0.2, 0.25) is 0 Å². The monoisotopic (exact) mass is 772 g/mol. The highest BCUT2D eigenvalue weighted by Gasteiger charge is 2.44. The van der Waals surface area contributed by atoms with Crippen molar-refractivity contribution in [3.63, 3.8) is 0 Å². The number of nitrogens with one attached hydrogen (secondary N) is 2. The minimum atomic E-state index is 0.140. The van der Waals surface area contributed by atoms with Crippen molar-refractivity contribution in [1.82, 2.24) is 10.6 Å². The molecule has 4 N–H and O–H groups in total. The molecule has 1 aromatic rings. The summed E-state index contributed by atoms with van der Waals surface area (Å²) >= 11 is 0. The van der Waals surface area contributed by atoms with Gasteiger partial charge >= 0.3 is 0 Å². The quantitative estimate of drug-likeness (QED) is 0.130. The number of allylic oxidation sites excluding steroid dienone is 4. The van der Waals surface area contributed by atoms with E-state index in [-0.39, 0.29) is 6.04 Å². The first-order valence-electron chi connectivity index (χ1n) is 22.4. The molecule has 2 saturated carbocycles. The van der Waals surface area contributed by atoms with Crippen LogP contribution in [0.2, 0.25) is 0 Å². The molecule has 0 aliphatic heterocycles. The molecule has 320 valence electrons. The molecule has 2 fully saturated rings. The molecule has 3 aliphatic rings. The third kappa shape index (κ3) is 19.5. The van der Waals surface area contributed by atoms with E-state index in [2.05, 4.69) is 158 Å². The lowest BCUT2D eigenvalue weighted by Crippen LogP contribution is -2.38. The minimum absolute atomic E-state index is 0.140. The van der Waals surface area contributed by atoms with Crippen molar-refractivity contribution in [1.29, 1.82) is 0 Å². The molecule has 4 rings (SSSR count). The molecule has 3 aliphatic carbocycles. The normalized spacial score (nSPS) is 21.4. The Bertz CT molecular complexity index is 1340. The Morgan fingerprint density at radius 2 is 1.30 bits per heavy atom. The zero-order chi connectivity index (χ0) is 43.5. The second kappa shape index (κ2) is 26.1. The highest BCUT2D eigenvalue weighted by Crippen LogP contribution is 2.50. The fourth-order valence-corrected chi connectivity index (χ4v) is 7.81. The average molecular weight is 772 g/mol. The number of fused-ring (bicyclic) bond motifs is 1. The van der Waals surface area contributed by atoms with Crippen LogP contribution in [0.25, 0.3) is 0 Å². The van der Waals surface area contributed by atoms with Gasteiger partial charge in [-0.25, -0.2) is 0 Å². The lowest BCUT2D eigenvalue weighted by atomic mass is 9.74. The smallest absolute Gasteiger partial charge is 0.0527 e. The molecule has 3 nitrogen and oxygen atoms in total. The van der Waals surface area contributed by atoms with Crippen LogP contribution in [0.3, 0.4) is 0 Å². The van der Waals surface area contributed by atoms with Gasteiger partial charge in [-0.1, -0.05) is 178 Å². The fourth-order valence-electron chi connectivity index (χ4n) is 7.81. The number of hydrogen-bond acceptors (Lipinski definition) is 3. The molecule has 56 heavy (non-hydrogen) atoms. The summed E-state index contributed by atoms with van der Waals surface area (Å²) in [5, 5.41) is 7.26. The molecule has 7 atom stereocenters. The molecule has 0 aromatic heterocycles. The second-order valence-corrected chi connectivity index (χ2v) is 19.5. The van der Waals surface area contributed by atoms with Crippen molar-refractivity contribution < 1.29 is 0 Å². The minimum Gasteiger partial charge on any atom is -0.399 e. The molecule has 0 spiro atoms.